The van der Waals surface area contributed by atoms with E-state index in [9.17, 15) is 14.9 Å². The molecule has 118 valence electrons. The molecular formula is C17H15ClN2O3. The van der Waals surface area contributed by atoms with E-state index in [1.807, 2.05) is 30.3 Å². The Hall–Kier alpha value is -2.40. The van der Waals surface area contributed by atoms with Crippen LogP contribution in [-0.2, 0) is 6.54 Å². The van der Waals surface area contributed by atoms with Crippen LogP contribution in [0.15, 0.2) is 48.5 Å². The van der Waals surface area contributed by atoms with Gasteiger partial charge in [-0.05, 0) is 24.5 Å². The molecule has 3 rings (SSSR count). The number of amides is 1. The van der Waals surface area contributed by atoms with Crippen LogP contribution in [0.5, 0.6) is 0 Å². The Bertz CT molecular complexity index is 745. The van der Waals surface area contributed by atoms with Crippen molar-refractivity contribution in [3.8, 4) is 0 Å². The monoisotopic (exact) mass is 330 g/mol. The van der Waals surface area contributed by atoms with E-state index in [1.54, 1.807) is 4.90 Å². The van der Waals surface area contributed by atoms with E-state index in [0.717, 1.165) is 18.4 Å². The number of nitro groups is 1. The molecule has 0 spiro atoms. The van der Waals surface area contributed by atoms with Crippen molar-refractivity contribution in [3.05, 3.63) is 74.8 Å². The fourth-order valence-electron chi connectivity index (χ4n) is 2.48. The van der Waals surface area contributed by atoms with Gasteiger partial charge in [-0.3, -0.25) is 14.9 Å². The zero-order chi connectivity index (χ0) is 16.4. The first-order valence-electron chi connectivity index (χ1n) is 7.35. The lowest BCUT2D eigenvalue weighted by atomic mass is 10.1. The fraction of sp³-hybridized carbons (Fsp3) is 0.235. The Morgan fingerprint density at radius 1 is 1.22 bits per heavy atom. The Labute approximate surface area is 138 Å². The summed E-state index contributed by atoms with van der Waals surface area (Å²) in [6.45, 7) is 0.512. The van der Waals surface area contributed by atoms with Crippen molar-refractivity contribution >= 4 is 23.2 Å². The summed E-state index contributed by atoms with van der Waals surface area (Å²) < 4.78 is 0. The first-order valence-corrected chi connectivity index (χ1v) is 7.73. The summed E-state index contributed by atoms with van der Waals surface area (Å²) >= 11 is 6.09. The maximum Gasteiger partial charge on any atom is 0.270 e. The number of hydrogen-bond acceptors (Lipinski definition) is 3. The van der Waals surface area contributed by atoms with Crippen LogP contribution < -0.4 is 0 Å². The van der Waals surface area contributed by atoms with Crippen molar-refractivity contribution in [1.82, 2.24) is 4.90 Å². The second kappa shape index (κ2) is 6.38. The highest BCUT2D eigenvalue weighted by atomic mass is 35.5. The van der Waals surface area contributed by atoms with Crippen molar-refractivity contribution in [1.29, 1.82) is 0 Å². The van der Waals surface area contributed by atoms with Crippen molar-refractivity contribution in [3.63, 3.8) is 0 Å². The molecule has 23 heavy (non-hydrogen) atoms. The number of nitro benzene ring substituents is 1. The minimum atomic E-state index is -0.525. The number of halogens is 1. The molecule has 1 fully saturated rings. The predicted octanol–water partition coefficient (Wildman–Crippen LogP) is 4.05. The molecule has 1 saturated carbocycles. The van der Waals surface area contributed by atoms with Crippen LogP contribution in [0, 0.1) is 10.1 Å². The van der Waals surface area contributed by atoms with Crippen LogP contribution in [0.4, 0.5) is 5.69 Å². The van der Waals surface area contributed by atoms with E-state index in [0.29, 0.717) is 12.1 Å². The third-order valence-corrected chi connectivity index (χ3v) is 4.15. The number of rotatable bonds is 5. The number of benzene rings is 2. The molecule has 0 heterocycles. The molecule has 0 bridgehead atoms. The average molecular weight is 331 g/mol. The second-order valence-electron chi connectivity index (χ2n) is 5.57. The molecule has 2 aromatic carbocycles. The molecule has 0 aromatic heterocycles. The summed E-state index contributed by atoms with van der Waals surface area (Å²) in [7, 11) is 0. The van der Waals surface area contributed by atoms with E-state index in [2.05, 4.69) is 0 Å². The average Bonchev–Trinajstić information content (AvgIpc) is 3.37. The molecule has 0 atom stereocenters. The van der Waals surface area contributed by atoms with Crippen LogP contribution in [0.2, 0.25) is 5.02 Å². The topological polar surface area (TPSA) is 63.4 Å². The van der Waals surface area contributed by atoms with Crippen molar-refractivity contribution in [2.45, 2.75) is 25.4 Å². The Morgan fingerprint density at radius 3 is 2.48 bits per heavy atom. The van der Waals surface area contributed by atoms with Gasteiger partial charge in [-0.25, -0.2) is 0 Å². The molecule has 0 radical (unpaired) electrons. The van der Waals surface area contributed by atoms with Crippen molar-refractivity contribution in [2.24, 2.45) is 0 Å². The molecule has 1 amide bonds. The lowest BCUT2D eigenvalue weighted by molar-refractivity contribution is -0.384. The summed E-state index contributed by atoms with van der Waals surface area (Å²) in [5.41, 5.74) is 1.23. The molecule has 0 aliphatic heterocycles. The minimum Gasteiger partial charge on any atom is -0.331 e. The molecule has 0 unspecified atom stereocenters. The third-order valence-electron chi connectivity index (χ3n) is 3.84. The maximum atomic E-state index is 12.8. The van der Waals surface area contributed by atoms with Crippen molar-refractivity contribution in [2.75, 3.05) is 0 Å². The van der Waals surface area contributed by atoms with Crippen LogP contribution in [0.1, 0.15) is 28.8 Å². The number of hydrogen-bond donors (Lipinski definition) is 0. The minimum absolute atomic E-state index is 0.114. The lowest BCUT2D eigenvalue weighted by Crippen LogP contribution is -2.32. The normalized spacial score (nSPS) is 13.6. The zero-order valence-electron chi connectivity index (χ0n) is 12.3. The molecular weight excluding hydrogens is 316 g/mol. The maximum absolute atomic E-state index is 12.8. The van der Waals surface area contributed by atoms with Gasteiger partial charge < -0.3 is 4.90 Å². The van der Waals surface area contributed by atoms with Gasteiger partial charge in [0.15, 0.2) is 0 Å². The van der Waals surface area contributed by atoms with Crippen LogP contribution in [-0.4, -0.2) is 21.8 Å². The third kappa shape index (κ3) is 3.51. The highest BCUT2D eigenvalue weighted by Gasteiger charge is 2.34. The molecule has 5 nitrogen and oxygen atoms in total. The van der Waals surface area contributed by atoms with E-state index in [1.165, 1.54) is 18.2 Å². The fourth-order valence-corrected chi connectivity index (χ4v) is 2.73. The van der Waals surface area contributed by atoms with Gasteiger partial charge in [0, 0.05) is 24.7 Å². The van der Waals surface area contributed by atoms with Crippen LogP contribution in [0.3, 0.4) is 0 Å². The van der Waals surface area contributed by atoms with Gasteiger partial charge >= 0.3 is 0 Å². The second-order valence-corrected chi connectivity index (χ2v) is 5.98. The summed E-state index contributed by atoms with van der Waals surface area (Å²) in [5.74, 6) is -0.184. The number of carbonyl (C=O) groups excluding carboxylic acids is 1. The molecule has 6 heteroatoms. The van der Waals surface area contributed by atoms with Crippen molar-refractivity contribution < 1.29 is 9.72 Å². The van der Waals surface area contributed by atoms with Crippen LogP contribution in [0.25, 0.3) is 0 Å². The van der Waals surface area contributed by atoms with Gasteiger partial charge in [0.1, 0.15) is 0 Å². The Balaban J connectivity index is 1.85. The lowest BCUT2D eigenvalue weighted by Gasteiger charge is -2.23. The number of non-ortho nitro benzene ring substituents is 1. The molecule has 0 N–H and O–H groups in total. The summed E-state index contributed by atoms with van der Waals surface area (Å²) in [6.07, 6.45) is 1.95. The highest BCUT2D eigenvalue weighted by Crippen LogP contribution is 2.32. The van der Waals surface area contributed by atoms with E-state index >= 15 is 0 Å². The van der Waals surface area contributed by atoms with E-state index < -0.39 is 4.92 Å². The summed E-state index contributed by atoms with van der Waals surface area (Å²) in [5, 5.41) is 10.9. The molecule has 1 aliphatic carbocycles. The smallest absolute Gasteiger partial charge is 0.270 e. The Morgan fingerprint density at radius 2 is 1.91 bits per heavy atom. The largest absolute Gasteiger partial charge is 0.331 e. The Kier molecular flexibility index (Phi) is 4.30. The number of nitrogens with zero attached hydrogens (tertiary/aromatic N) is 2. The van der Waals surface area contributed by atoms with Gasteiger partial charge in [-0.2, -0.15) is 0 Å². The van der Waals surface area contributed by atoms with E-state index in [-0.39, 0.29) is 22.7 Å². The predicted molar refractivity (Wildman–Crippen MR) is 87.4 cm³/mol. The van der Waals surface area contributed by atoms with Gasteiger partial charge in [0.2, 0.25) is 0 Å². The summed E-state index contributed by atoms with van der Waals surface area (Å²) in [4.78, 5) is 24.9. The van der Waals surface area contributed by atoms with Crippen LogP contribution >= 0.6 is 11.6 Å². The van der Waals surface area contributed by atoms with E-state index in [4.69, 9.17) is 11.6 Å². The SMILES string of the molecule is O=C(c1ccc([N+](=O)[O-])cc1Cl)N(Cc1ccccc1)C1CC1. The standard InChI is InChI=1S/C17H15ClN2O3/c18-16-10-14(20(22)23)8-9-15(16)17(21)19(13-6-7-13)11-12-4-2-1-3-5-12/h1-5,8-10,13H,6-7,11H2. The zero-order valence-corrected chi connectivity index (χ0v) is 13.1. The molecule has 2 aromatic rings. The first-order chi connectivity index (χ1) is 11.1. The molecule has 0 saturated heterocycles. The number of carbonyl (C=O) groups is 1. The van der Waals surface area contributed by atoms with Gasteiger partial charge in [0.25, 0.3) is 11.6 Å². The van der Waals surface area contributed by atoms with Gasteiger partial charge in [-0.1, -0.05) is 41.9 Å². The summed E-state index contributed by atoms with van der Waals surface area (Å²) in [6, 6.07) is 13.9. The molecule has 1 aliphatic rings. The first kappa shape index (κ1) is 15.5. The van der Waals surface area contributed by atoms with Gasteiger partial charge in [0.05, 0.1) is 15.5 Å². The highest BCUT2D eigenvalue weighted by molar-refractivity contribution is 6.34. The quantitative estimate of drug-likeness (QED) is 0.613. The van der Waals surface area contributed by atoms with Gasteiger partial charge in [-0.15, -0.1) is 0 Å².